The third kappa shape index (κ3) is 3.29. The molecule has 3 aromatic heterocycles. The zero-order valence-electron chi connectivity index (χ0n) is 15.2. The number of aryl methyl sites for hydroxylation is 1. The quantitative estimate of drug-likeness (QED) is 0.720. The fourth-order valence-corrected chi connectivity index (χ4v) is 3.59. The highest BCUT2D eigenvalue weighted by Gasteiger charge is 2.24. The minimum atomic E-state index is 0.511. The Bertz CT molecular complexity index is 875. The minimum absolute atomic E-state index is 0.511. The van der Waals surface area contributed by atoms with Crippen LogP contribution in [0.3, 0.4) is 0 Å². The molecule has 0 N–H and O–H groups in total. The van der Waals surface area contributed by atoms with Crippen LogP contribution in [0.1, 0.15) is 24.4 Å². The lowest BCUT2D eigenvalue weighted by Crippen LogP contribution is -2.37. The molecule has 4 rings (SSSR count). The molecule has 0 aliphatic carbocycles. The molecule has 1 fully saturated rings. The predicted octanol–water partition coefficient (Wildman–Crippen LogP) is 2.43. The summed E-state index contributed by atoms with van der Waals surface area (Å²) in [5, 5.41) is 0. The summed E-state index contributed by atoms with van der Waals surface area (Å²) in [6.45, 7) is 3.96. The van der Waals surface area contributed by atoms with Crippen molar-refractivity contribution in [3.05, 3.63) is 48.6 Å². The zero-order valence-corrected chi connectivity index (χ0v) is 15.2. The van der Waals surface area contributed by atoms with E-state index < -0.39 is 0 Å². The molecule has 0 radical (unpaired) electrons. The number of aromatic nitrogens is 6. The molecule has 1 aliphatic heterocycles. The monoisotopic (exact) mass is 349 g/mol. The second kappa shape index (κ2) is 7.19. The third-order valence-corrected chi connectivity index (χ3v) is 5.07. The van der Waals surface area contributed by atoms with Gasteiger partial charge in [0.25, 0.3) is 0 Å². The lowest BCUT2D eigenvalue weighted by atomic mass is 9.92. The fraction of sp³-hybridized carbons (Fsp3) is 0.421. The summed E-state index contributed by atoms with van der Waals surface area (Å²) < 4.78 is 2.07. The lowest BCUT2D eigenvalue weighted by molar-refractivity contribution is 0.406. The first-order valence-corrected chi connectivity index (χ1v) is 9.03. The van der Waals surface area contributed by atoms with E-state index in [0.717, 1.165) is 54.8 Å². The van der Waals surface area contributed by atoms with Crippen molar-refractivity contribution in [1.29, 1.82) is 0 Å². The molecule has 0 aromatic carbocycles. The predicted molar refractivity (Wildman–Crippen MR) is 99.6 cm³/mol. The van der Waals surface area contributed by atoms with E-state index in [1.54, 1.807) is 24.8 Å². The van der Waals surface area contributed by atoms with E-state index in [1.165, 1.54) is 6.42 Å². The van der Waals surface area contributed by atoms with Crippen LogP contribution in [0.25, 0.3) is 11.4 Å². The van der Waals surface area contributed by atoms with Crippen LogP contribution in [-0.4, -0.2) is 42.6 Å². The van der Waals surface area contributed by atoms with Crippen molar-refractivity contribution >= 4 is 5.95 Å². The van der Waals surface area contributed by atoms with Crippen molar-refractivity contribution in [1.82, 2.24) is 29.5 Å². The SMILES string of the molecule is Cc1ncc(-c2nccnc2C[C@@H]2CCCN(c3ncccn3)C2)n1C. The Morgan fingerprint density at radius 3 is 2.62 bits per heavy atom. The molecule has 134 valence electrons. The summed E-state index contributed by atoms with van der Waals surface area (Å²) in [5.74, 6) is 2.30. The van der Waals surface area contributed by atoms with E-state index in [4.69, 9.17) is 0 Å². The molecular weight excluding hydrogens is 326 g/mol. The van der Waals surface area contributed by atoms with Crippen molar-refractivity contribution in [2.75, 3.05) is 18.0 Å². The van der Waals surface area contributed by atoms with Gasteiger partial charge in [-0.25, -0.2) is 15.0 Å². The Hall–Kier alpha value is -2.83. The second-order valence-corrected chi connectivity index (χ2v) is 6.81. The van der Waals surface area contributed by atoms with Gasteiger partial charge in [0.1, 0.15) is 11.5 Å². The highest BCUT2D eigenvalue weighted by Crippen LogP contribution is 2.27. The average molecular weight is 349 g/mol. The summed E-state index contributed by atoms with van der Waals surface area (Å²) in [6.07, 6.45) is 12.3. The number of hydrogen-bond acceptors (Lipinski definition) is 6. The van der Waals surface area contributed by atoms with Crippen LogP contribution in [-0.2, 0) is 13.5 Å². The standard InChI is InChI=1S/C19H23N7/c1-14-24-12-17(25(14)2)18-16(20-8-9-21-18)11-15-5-3-10-26(13-15)19-22-6-4-7-23-19/h4,6-9,12,15H,3,5,10-11,13H2,1-2H3/t15-/m0/s1. The molecule has 1 atom stereocenters. The Morgan fingerprint density at radius 1 is 1.04 bits per heavy atom. The molecule has 4 heterocycles. The maximum absolute atomic E-state index is 4.64. The number of rotatable bonds is 4. The van der Waals surface area contributed by atoms with Gasteiger partial charge in [-0.15, -0.1) is 0 Å². The van der Waals surface area contributed by atoms with Crippen LogP contribution in [0.2, 0.25) is 0 Å². The molecule has 0 bridgehead atoms. The topological polar surface area (TPSA) is 72.6 Å². The molecule has 0 unspecified atom stereocenters. The fourth-order valence-electron chi connectivity index (χ4n) is 3.59. The van der Waals surface area contributed by atoms with Crippen LogP contribution in [0, 0.1) is 12.8 Å². The first-order valence-electron chi connectivity index (χ1n) is 9.03. The molecule has 7 nitrogen and oxygen atoms in total. The first-order chi connectivity index (χ1) is 12.7. The summed E-state index contributed by atoms with van der Waals surface area (Å²) in [5.41, 5.74) is 2.99. The van der Waals surface area contributed by atoms with E-state index >= 15 is 0 Å². The smallest absolute Gasteiger partial charge is 0.225 e. The van der Waals surface area contributed by atoms with E-state index in [0.29, 0.717) is 5.92 Å². The van der Waals surface area contributed by atoms with Crippen LogP contribution >= 0.6 is 0 Å². The van der Waals surface area contributed by atoms with Gasteiger partial charge < -0.3 is 9.47 Å². The Kier molecular flexibility index (Phi) is 4.60. The molecule has 0 spiro atoms. The molecular formula is C19H23N7. The van der Waals surface area contributed by atoms with Crippen molar-refractivity contribution in [2.24, 2.45) is 13.0 Å². The van der Waals surface area contributed by atoms with Crippen LogP contribution in [0.15, 0.2) is 37.1 Å². The van der Waals surface area contributed by atoms with E-state index in [1.807, 2.05) is 26.2 Å². The molecule has 1 aliphatic rings. The minimum Gasteiger partial charge on any atom is -0.341 e. The Labute approximate surface area is 153 Å². The highest BCUT2D eigenvalue weighted by atomic mass is 15.2. The van der Waals surface area contributed by atoms with E-state index in [2.05, 4.69) is 34.4 Å². The molecule has 1 saturated heterocycles. The van der Waals surface area contributed by atoms with Crippen LogP contribution in [0.5, 0.6) is 0 Å². The second-order valence-electron chi connectivity index (χ2n) is 6.81. The summed E-state index contributed by atoms with van der Waals surface area (Å²) >= 11 is 0. The molecule has 7 heteroatoms. The van der Waals surface area contributed by atoms with Gasteiger partial charge in [-0.3, -0.25) is 9.97 Å². The molecule has 3 aromatic rings. The van der Waals surface area contributed by atoms with Crippen molar-refractivity contribution < 1.29 is 0 Å². The van der Waals surface area contributed by atoms with E-state index in [-0.39, 0.29) is 0 Å². The molecule has 26 heavy (non-hydrogen) atoms. The highest BCUT2D eigenvalue weighted by molar-refractivity contribution is 5.57. The molecule has 0 saturated carbocycles. The largest absolute Gasteiger partial charge is 0.341 e. The summed E-state index contributed by atoms with van der Waals surface area (Å²) in [7, 11) is 2.02. The number of imidazole rings is 1. The van der Waals surface area contributed by atoms with Gasteiger partial charge in [-0.05, 0) is 38.2 Å². The van der Waals surface area contributed by atoms with Crippen molar-refractivity contribution in [2.45, 2.75) is 26.2 Å². The average Bonchev–Trinajstić information content (AvgIpc) is 3.02. The zero-order chi connectivity index (χ0) is 17.9. The Morgan fingerprint density at radius 2 is 1.85 bits per heavy atom. The number of hydrogen-bond donors (Lipinski definition) is 0. The number of anilines is 1. The first kappa shape index (κ1) is 16.6. The van der Waals surface area contributed by atoms with Gasteiger partial charge in [-0.1, -0.05) is 0 Å². The Balaban J connectivity index is 1.55. The normalized spacial score (nSPS) is 17.5. The van der Waals surface area contributed by atoms with E-state index in [9.17, 15) is 0 Å². The lowest BCUT2D eigenvalue weighted by Gasteiger charge is -2.32. The maximum atomic E-state index is 4.64. The van der Waals surface area contributed by atoms with Crippen molar-refractivity contribution in [3.63, 3.8) is 0 Å². The maximum Gasteiger partial charge on any atom is 0.225 e. The van der Waals surface area contributed by atoms with Gasteiger partial charge in [0, 0.05) is 44.9 Å². The number of piperidine rings is 1. The van der Waals surface area contributed by atoms with Crippen molar-refractivity contribution in [3.8, 4) is 11.4 Å². The van der Waals surface area contributed by atoms with Gasteiger partial charge in [0.15, 0.2) is 0 Å². The van der Waals surface area contributed by atoms with Gasteiger partial charge >= 0.3 is 0 Å². The van der Waals surface area contributed by atoms with Gasteiger partial charge in [0.2, 0.25) is 5.95 Å². The van der Waals surface area contributed by atoms with Crippen LogP contribution in [0.4, 0.5) is 5.95 Å². The van der Waals surface area contributed by atoms with Crippen LogP contribution < -0.4 is 4.90 Å². The summed E-state index contributed by atoms with van der Waals surface area (Å²) in [4.78, 5) is 24.7. The number of nitrogens with zero attached hydrogens (tertiary/aromatic N) is 7. The van der Waals surface area contributed by atoms with Gasteiger partial charge in [-0.2, -0.15) is 0 Å². The molecule has 0 amide bonds. The van der Waals surface area contributed by atoms with Gasteiger partial charge in [0.05, 0.1) is 17.6 Å². The third-order valence-electron chi connectivity index (χ3n) is 5.07. The summed E-state index contributed by atoms with van der Waals surface area (Å²) in [6, 6.07) is 1.85.